The Morgan fingerprint density at radius 2 is 1.98 bits per heavy atom. The van der Waals surface area contributed by atoms with Gasteiger partial charge in [0, 0.05) is 28.8 Å². The molecular formula is C32H40N4O4S. The highest BCUT2D eigenvalue weighted by atomic mass is 32.1. The monoisotopic (exact) mass is 576 g/mol. The molecule has 2 aromatic heterocycles. The van der Waals surface area contributed by atoms with Crippen LogP contribution in [0.25, 0.3) is 16.8 Å². The first-order valence-corrected chi connectivity index (χ1v) is 14.7. The Morgan fingerprint density at radius 1 is 1.22 bits per heavy atom. The standard InChI is InChI=1S/C32H40N4O4S/c1-9-14-32(6,7)25-19-41-30(34-25)35-26(31(3,4)5)28(37)36-18-22(17-24(36)29(38)39-8)40-27-23-16-20(10-2)11-12-21(23)13-15-33-27/h9-13,15-16,19,22,24,26H,1-2,14,17-18H2,3-8H3,(H,34,35)/t22-,24+,26-/m1/s1. The number of methoxy groups -OCH3 is 1. The van der Waals surface area contributed by atoms with Gasteiger partial charge in [-0.2, -0.15) is 0 Å². The van der Waals surface area contributed by atoms with Crippen LogP contribution in [0, 0.1) is 5.41 Å². The molecular weight excluding hydrogens is 536 g/mol. The Balaban J connectivity index is 1.60. The number of esters is 1. The number of amides is 1. The lowest BCUT2D eigenvalue weighted by molar-refractivity contribution is -0.151. The normalized spacial score (nSPS) is 18.1. The quantitative estimate of drug-likeness (QED) is 0.226. The molecule has 0 unspecified atom stereocenters. The number of nitrogens with zero attached hydrogens (tertiary/aromatic N) is 3. The summed E-state index contributed by atoms with van der Waals surface area (Å²) in [5.74, 6) is -0.224. The first kappa shape index (κ1) is 30.2. The minimum Gasteiger partial charge on any atom is -0.472 e. The van der Waals surface area contributed by atoms with Gasteiger partial charge in [0.25, 0.3) is 0 Å². The van der Waals surface area contributed by atoms with Crippen molar-refractivity contribution >= 4 is 45.2 Å². The van der Waals surface area contributed by atoms with E-state index >= 15 is 0 Å². The van der Waals surface area contributed by atoms with Crippen molar-refractivity contribution in [2.45, 2.75) is 71.1 Å². The molecule has 8 nitrogen and oxygen atoms in total. The van der Waals surface area contributed by atoms with Crippen LogP contribution in [0.3, 0.4) is 0 Å². The number of hydrogen-bond donors (Lipinski definition) is 1. The smallest absolute Gasteiger partial charge is 0.328 e. The van der Waals surface area contributed by atoms with E-state index in [-0.39, 0.29) is 17.9 Å². The molecule has 1 aliphatic heterocycles. The predicted octanol–water partition coefficient (Wildman–Crippen LogP) is 6.24. The lowest BCUT2D eigenvalue weighted by Crippen LogP contribution is -2.52. The molecule has 41 heavy (non-hydrogen) atoms. The molecule has 1 aromatic carbocycles. The number of aromatic nitrogens is 2. The van der Waals surface area contributed by atoms with Gasteiger partial charge in [-0.15, -0.1) is 17.9 Å². The molecule has 1 saturated heterocycles. The van der Waals surface area contributed by atoms with E-state index in [4.69, 9.17) is 14.5 Å². The second-order valence-corrected chi connectivity index (χ2v) is 13.0. The molecule has 1 fully saturated rings. The summed E-state index contributed by atoms with van der Waals surface area (Å²) in [6.45, 7) is 18.2. The van der Waals surface area contributed by atoms with Crippen LogP contribution in [0.5, 0.6) is 5.88 Å². The number of anilines is 1. The van der Waals surface area contributed by atoms with Crippen LogP contribution in [-0.2, 0) is 19.7 Å². The summed E-state index contributed by atoms with van der Waals surface area (Å²) in [7, 11) is 1.34. The van der Waals surface area contributed by atoms with Crippen LogP contribution < -0.4 is 10.1 Å². The van der Waals surface area contributed by atoms with Crippen LogP contribution in [0.4, 0.5) is 5.13 Å². The summed E-state index contributed by atoms with van der Waals surface area (Å²) in [5, 5.41) is 7.88. The van der Waals surface area contributed by atoms with Gasteiger partial charge in [0.15, 0.2) is 5.13 Å². The zero-order chi connectivity index (χ0) is 29.9. The molecule has 0 saturated carbocycles. The van der Waals surface area contributed by atoms with Crippen molar-refractivity contribution in [3.63, 3.8) is 0 Å². The van der Waals surface area contributed by atoms with E-state index in [0.717, 1.165) is 28.5 Å². The van der Waals surface area contributed by atoms with E-state index in [2.05, 4.69) is 37.3 Å². The topological polar surface area (TPSA) is 93.7 Å². The first-order valence-electron chi connectivity index (χ1n) is 13.8. The Kier molecular flexibility index (Phi) is 8.87. The van der Waals surface area contributed by atoms with E-state index in [0.29, 0.717) is 17.4 Å². The number of rotatable bonds is 10. The maximum absolute atomic E-state index is 14.2. The average Bonchev–Trinajstić information content (AvgIpc) is 3.58. The highest BCUT2D eigenvalue weighted by molar-refractivity contribution is 7.13. The number of hydrogen-bond acceptors (Lipinski definition) is 8. The highest BCUT2D eigenvalue weighted by Gasteiger charge is 2.46. The van der Waals surface area contributed by atoms with Gasteiger partial charge in [-0.1, -0.05) is 65.5 Å². The van der Waals surface area contributed by atoms with Crippen LogP contribution >= 0.6 is 11.3 Å². The third-order valence-corrected chi connectivity index (χ3v) is 8.29. The van der Waals surface area contributed by atoms with E-state index < -0.39 is 29.6 Å². The Hall–Kier alpha value is -3.72. The van der Waals surface area contributed by atoms with E-state index in [1.165, 1.54) is 18.4 Å². The lowest BCUT2D eigenvalue weighted by Gasteiger charge is -2.35. The molecule has 4 rings (SSSR count). The predicted molar refractivity (Wildman–Crippen MR) is 165 cm³/mol. The molecule has 3 heterocycles. The number of thiazole rings is 1. The van der Waals surface area contributed by atoms with Gasteiger partial charge >= 0.3 is 5.97 Å². The van der Waals surface area contributed by atoms with Gasteiger partial charge in [0.2, 0.25) is 11.8 Å². The average molecular weight is 577 g/mol. The molecule has 218 valence electrons. The van der Waals surface area contributed by atoms with Crippen LogP contribution in [0.2, 0.25) is 0 Å². The number of pyridine rings is 1. The maximum Gasteiger partial charge on any atom is 0.328 e. The van der Waals surface area contributed by atoms with Crippen LogP contribution in [0.15, 0.2) is 55.1 Å². The minimum absolute atomic E-state index is 0.170. The largest absolute Gasteiger partial charge is 0.472 e. The fourth-order valence-corrected chi connectivity index (χ4v) is 6.01. The summed E-state index contributed by atoms with van der Waals surface area (Å²) in [6.07, 6.45) is 5.99. The summed E-state index contributed by atoms with van der Waals surface area (Å²) in [5.41, 5.74) is 1.24. The molecule has 9 heteroatoms. The second kappa shape index (κ2) is 12.0. The fraction of sp³-hybridized carbons (Fsp3) is 0.438. The Labute approximate surface area is 246 Å². The molecule has 0 bridgehead atoms. The SMILES string of the molecule is C=CCC(C)(C)c1csc(N[C@H](C(=O)N2C[C@H](Oc3nccc4ccc(C=C)cc34)C[C@H]2C(=O)OC)C(C)(C)C)n1. The van der Waals surface area contributed by atoms with Gasteiger partial charge in [-0.05, 0) is 34.9 Å². The van der Waals surface area contributed by atoms with Gasteiger partial charge in [-0.25, -0.2) is 14.8 Å². The van der Waals surface area contributed by atoms with Gasteiger partial charge in [-0.3, -0.25) is 4.79 Å². The first-order chi connectivity index (χ1) is 19.4. The summed E-state index contributed by atoms with van der Waals surface area (Å²) >= 11 is 1.47. The maximum atomic E-state index is 14.2. The summed E-state index contributed by atoms with van der Waals surface area (Å²) in [6, 6.07) is 6.44. The van der Waals surface area contributed by atoms with Gasteiger partial charge in [0.05, 0.1) is 19.3 Å². The van der Waals surface area contributed by atoms with Crippen LogP contribution in [-0.4, -0.2) is 58.6 Å². The zero-order valence-electron chi connectivity index (χ0n) is 24.8. The number of allylic oxidation sites excluding steroid dienone is 1. The van der Waals surface area contributed by atoms with Crippen molar-refractivity contribution in [1.29, 1.82) is 0 Å². The molecule has 0 radical (unpaired) electrons. The number of carbonyl (C=O) groups is 2. The third kappa shape index (κ3) is 6.62. The number of benzene rings is 1. The Bertz CT molecular complexity index is 1440. The summed E-state index contributed by atoms with van der Waals surface area (Å²) < 4.78 is 11.5. The van der Waals surface area contributed by atoms with Gasteiger partial charge in [0.1, 0.15) is 18.2 Å². The van der Waals surface area contributed by atoms with Crippen molar-refractivity contribution in [3.05, 3.63) is 66.3 Å². The number of nitrogens with one attached hydrogen (secondary N) is 1. The van der Waals surface area contributed by atoms with Crippen molar-refractivity contribution in [1.82, 2.24) is 14.9 Å². The highest BCUT2D eigenvalue weighted by Crippen LogP contribution is 2.34. The minimum atomic E-state index is -0.777. The van der Waals surface area contributed by atoms with Crippen molar-refractivity contribution in [2.24, 2.45) is 5.41 Å². The van der Waals surface area contributed by atoms with E-state index in [1.54, 1.807) is 17.2 Å². The molecule has 3 aromatic rings. The van der Waals surface area contributed by atoms with Crippen LogP contribution in [0.1, 0.15) is 58.7 Å². The molecule has 1 N–H and O–H groups in total. The van der Waals surface area contributed by atoms with Gasteiger partial charge < -0.3 is 19.7 Å². The van der Waals surface area contributed by atoms with E-state index in [9.17, 15) is 9.59 Å². The molecule has 1 aliphatic rings. The number of carbonyl (C=O) groups excluding carboxylic acids is 2. The zero-order valence-corrected chi connectivity index (χ0v) is 25.6. The molecule has 0 aliphatic carbocycles. The fourth-order valence-electron chi connectivity index (χ4n) is 5.08. The molecule has 3 atom stereocenters. The van der Waals surface area contributed by atoms with Crippen molar-refractivity contribution in [3.8, 4) is 5.88 Å². The molecule has 0 spiro atoms. The second-order valence-electron chi connectivity index (χ2n) is 12.2. The van der Waals surface area contributed by atoms with Crippen molar-refractivity contribution < 1.29 is 19.1 Å². The summed E-state index contributed by atoms with van der Waals surface area (Å²) in [4.78, 5) is 37.9. The van der Waals surface area contributed by atoms with E-state index in [1.807, 2.05) is 56.5 Å². The number of likely N-dealkylation sites (tertiary alicyclic amines) is 1. The lowest BCUT2D eigenvalue weighted by atomic mass is 9.85. The Morgan fingerprint density at radius 3 is 2.63 bits per heavy atom. The number of ether oxygens (including phenoxy) is 2. The number of fused-ring (bicyclic) bond motifs is 1. The molecule has 1 amide bonds. The van der Waals surface area contributed by atoms with Crippen molar-refractivity contribution in [2.75, 3.05) is 19.0 Å². The third-order valence-electron chi connectivity index (χ3n) is 7.52.